The van der Waals surface area contributed by atoms with E-state index in [1.807, 2.05) is 0 Å². The summed E-state index contributed by atoms with van der Waals surface area (Å²) in [6, 6.07) is 0. The molecule has 10 heavy (non-hydrogen) atoms. The van der Waals surface area contributed by atoms with Gasteiger partial charge in [0.05, 0.1) is 0 Å². The molecule has 1 heterocycles. The van der Waals surface area contributed by atoms with E-state index in [1.54, 1.807) is 0 Å². The molecule has 1 amide bonds. The molecule has 6 heteroatoms. The molecule has 0 saturated carbocycles. The van der Waals surface area contributed by atoms with Crippen LogP contribution < -0.4 is 5.32 Å². The zero-order valence-electron chi connectivity index (χ0n) is 5.53. The Bertz CT molecular complexity index is 68.0. The third-order valence-corrected chi connectivity index (χ3v) is 0.903. The first-order valence-corrected chi connectivity index (χ1v) is 2.16. The van der Waals surface area contributed by atoms with Crippen LogP contribution >= 0.6 is 0 Å². The SMILES string of the molecule is O.O.O.O.O=C1CCCN1. The second-order valence-corrected chi connectivity index (χ2v) is 1.45. The van der Waals surface area contributed by atoms with E-state index in [-0.39, 0.29) is 27.8 Å². The van der Waals surface area contributed by atoms with Gasteiger partial charge in [-0.1, -0.05) is 0 Å². The van der Waals surface area contributed by atoms with Crippen LogP contribution in [0.5, 0.6) is 0 Å². The summed E-state index contributed by atoms with van der Waals surface area (Å²) < 4.78 is 0. The van der Waals surface area contributed by atoms with Gasteiger partial charge in [0, 0.05) is 13.0 Å². The predicted octanol–water partition coefficient (Wildman–Crippen LogP) is -3.40. The van der Waals surface area contributed by atoms with Crippen molar-refractivity contribution < 1.29 is 26.7 Å². The summed E-state index contributed by atoms with van der Waals surface area (Å²) in [6.07, 6.45) is 1.76. The van der Waals surface area contributed by atoms with Gasteiger partial charge in [0.1, 0.15) is 0 Å². The molecule has 0 aromatic carbocycles. The number of carbonyl (C=O) groups is 1. The van der Waals surface area contributed by atoms with Crippen LogP contribution in [0.3, 0.4) is 0 Å². The van der Waals surface area contributed by atoms with Crippen molar-refractivity contribution in [1.82, 2.24) is 5.32 Å². The maximum Gasteiger partial charge on any atom is 0.220 e. The fourth-order valence-corrected chi connectivity index (χ4v) is 0.565. The van der Waals surface area contributed by atoms with Gasteiger partial charge in [0.25, 0.3) is 0 Å². The lowest BCUT2D eigenvalue weighted by atomic mass is 10.4. The molecule has 1 rings (SSSR count). The molecular weight excluding hydrogens is 142 g/mol. The highest BCUT2D eigenvalue weighted by atomic mass is 16.1. The zero-order chi connectivity index (χ0) is 4.41. The Hall–Kier alpha value is -0.690. The van der Waals surface area contributed by atoms with E-state index < -0.39 is 0 Å². The van der Waals surface area contributed by atoms with Gasteiger partial charge in [-0.05, 0) is 6.42 Å². The van der Waals surface area contributed by atoms with Crippen LogP contribution in [0, 0.1) is 0 Å². The van der Waals surface area contributed by atoms with Crippen LogP contribution in [-0.4, -0.2) is 34.4 Å². The summed E-state index contributed by atoms with van der Waals surface area (Å²) in [6.45, 7) is 0.888. The van der Waals surface area contributed by atoms with E-state index >= 15 is 0 Å². The van der Waals surface area contributed by atoms with Crippen molar-refractivity contribution >= 4 is 5.91 Å². The maximum atomic E-state index is 10.1. The summed E-state index contributed by atoms with van der Waals surface area (Å²) in [5.74, 6) is 0.204. The molecule has 0 atom stereocenters. The molecule has 1 fully saturated rings. The van der Waals surface area contributed by atoms with Gasteiger partial charge >= 0.3 is 0 Å². The molecule has 6 nitrogen and oxygen atoms in total. The summed E-state index contributed by atoms with van der Waals surface area (Å²) in [5.41, 5.74) is 0. The highest BCUT2D eigenvalue weighted by Crippen LogP contribution is 1.93. The molecule has 1 saturated heterocycles. The van der Waals surface area contributed by atoms with Crippen LogP contribution in [0.1, 0.15) is 12.8 Å². The highest BCUT2D eigenvalue weighted by Gasteiger charge is 2.05. The lowest BCUT2D eigenvalue weighted by molar-refractivity contribution is -0.119. The van der Waals surface area contributed by atoms with Crippen molar-refractivity contribution in [2.45, 2.75) is 12.8 Å². The number of hydrogen-bond donors (Lipinski definition) is 1. The number of amides is 1. The Balaban J connectivity index is -0.0000000450. The lowest BCUT2D eigenvalue weighted by Gasteiger charge is -1.80. The monoisotopic (exact) mass is 157 g/mol. The normalized spacial score (nSPS) is 12.6. The Morgan fingerprint density at radius 2 is 1.60 bits per heavy atom. The fourth-order valence-electron chi connectivity index (χ4n) is 0.565. The first kappa shape index (κ1) is 22.8. The van der Waals surface area contributed by atoms with Crippen molar-refractivity contribution in [2.75, 3.05) is 6.54 Å². The molecule has 9 N–H and O–H groups in total. The summed E-state index contributed by atoms with van der Waals surface area (Å²) in [5, 5.41) is 2.68. The fraction of sp³-hybridized carbons (Fsp3) is 0.750. The molecule has 0 aromatic rings. The quantitative estimate of drug-likeness (QED) is 0.382. The smallest absolute Gasteiger partial charge is 0.220 e. The van der Waals surface area contributed by atoms with E-state index in [1.165, 1.54) is 0 Å². The summed E-state index contributed by atoms with van der Waals surface area (Å²) in [7, 11) is 0. The minimum Gasteiger partial charge on any atom is -0.412 e. The van der Waals surface area contributed by atoms with Crippen LogP contribution in [0.4, 0.5) is 0 Å². The van der Waals surface area contributed by atoms with Gasteiger partial charge in [0.15, 0.2) is 0 Å². The molecular formula is C4H15NO5. The van der Waals surface area contributed by atoms with Gasteiger partial charge in [-0.25, -0.2) is 0 Å². The van der Waals surface area contributed by atoms with Crippen molar-refractivity contribution in [3.63, 3.8) is 0 Å². The standard InChI is InChI=1S/C4H7NO.4H2O/c6-4-2-1-3-5-4;;;;/h1-3H2,(H,5,6);4*1H2. The van der Waals surface area contributed by atoms with Crippen molar-refractivity contribution in [3.8, 4) is 0 Å². The summed E-state index contributed by atoms with van der Waals surface area (Å²) >= 11 is 0. The maximum absolute atomic E-state index is 10.1. The molecule has 0 radical (unpaired) electrons. The Morgan fingerprint density at radius 1 is 1.10 bits per heavy atom. The molecule has 66 valence electrons. The van der Waals surface area contributed by atoms with Crippen molar-refractivity contribution in [3.05, 3.63) is 0 Å². The van der Waals surface area contributed by atoms with E-state index in [4.69, 9.17) is 0 Å². The second-order valence-electron chi connectivity index (χ2n) is 1.45. The summed E-state index contributed by atoms with van der Waals surface area (Å²) in [4.78, 5) is 10.1. The highest BCUT2D eigenvalue weighted by molar-refractivity contribution is 5.77. The lowest BCUT2D eigenvalue weighted by Crippen LogP contribution is -2.12. The van der Waals surface area contributed by atoms with Crippen molar-refractivity contribution in [2.24, 2.45) is 0 Å². The molecule has 0 unspecified atom stereocenters. The zero-order valence-corrected chi connectivity index (χ0v) is 5.53. The van der Waals surface area contributed by atoms with Crippen molar-refractivity contribution in [1.29, 1.82) is 0 Å². The predicted molar refractivity (Wildman–Crippen MR) is 36.7 cm³/mol. The van der Waals surface area contributed by atoms with E-state index in [0.717, 1.165) is 19.4 Å². The van der Waals surface area contributed by atoms with Gasteiger partial charge in [-0.3, -0.25) is 4.79 Å². The van der Waals surface area contributed by atoms with Crippen LogP contribution in [-0.2, 0) is 4.79 Å². The number of nitrogens with one attached hydrogen (secondary N) is 1. The van der Waals surface area contributed by atoms with E-state index in [0.29, 0.717) is 0 Å². The third kappa shape index (κ3) is 7.31. The van der Waals surface area contributed by atoms with Gasteiger partial charge < -0.3 is 27.2 Å². The molecule has 1 aliphatic heterocycles. The van der Waals surface area contributed by atoms with E-state index in [9.17, 15) is 4.79 Å². The largest absolute Gasteiger partial charge is 0.412 e. The topological polar surface area (TPSA) is 155 Å². The Morgan fingerprint density at radius 3 is 1.70 bits per heavy atom. The molecule has 0 aromatic heterocycles. The molecule has 0 spiro atoms. The average molecular weight is 157 g/mol. The molecule has 0 bridgehead atoms. The average Bonchev–Trinajstić information content (AvgIpc) is 1.86. The number of rotatable bonds is 0. The first-order chi connectivity index (χ1) is 2.89. The third-order valence-electron chi connectivity index (χ3n) is 0.903. The minimum absolute atomic E-state index is 0. The van der Waals surface area contributed by atoms with Gasteiger partial charge in [0.2, 0.25) is 5.91 Å². The Kier molecular flexibility index (Phi) is 25.4. The number of carbonyl (C=O) groups excluding carboxylic acids is 1. The van der Waals surface area contributed by atoms with E-state index in [2.05, 4.69) is 5.32 Å². The molecule has 1 aliphatic rings. The van der Waals surface area contributed by atoms with Crippen LogP contribution in [0.25, 0.3) is 0 Å². The minimum atomic E-state index is 0. The molecule has 0 aliphatic carbocycles. The van der Waals surface area contributed by atoms with Crippen LogP contribution in [0.2, 0.25) is 0 Å². The second kappa shape index (κ2) is 11.2. The van der Waals surface area contributed by atoms with Gasteiger partial charge in [-0.2, -0.15) is 0 Å². The van der Waals surface area contributed by atoms with Crippen LogP contribution in [0.15, 0.2) is 0 Å². The first-order valence-electron chi connectivity index (χ1n) is 2.16. The van der Waals surface area contributed by atoms with Gasteiger partial charge in [-0.15, -0.1) is 0 Å². The Labute approximate surface area is 58.5 Å². The number of hydrogen-bond acceptors (Lipinski definition) is 1.